The Kier molecular flexibility index (Phi) is 8.92. The lowest BCUT2D eigenvalue weighted by molar-refractivity contribution is -0.121. The minimum absolute atomic E-state index is 0.0886. The molecule has 0 saturated heterocycles. The van der Waals surface area contributed by atoms with Crippen molar-refractivity contribution < 1.29 is 19.4 Å². The number of aromatic carboxylic acids is 1. The average Bonchev–Trinajstić information content (AvgIpc) is 3.47. The zero-order valence-corrected chi connectivity index (χ0v) is 25.4. The van der Waals surface area contributed by atoms with E-state index in [2.05, 4.69) is 81.1 Å². The Morgan fingerprint density at radius 2 is 1.76 bits per heavy atom. The molecule has 0 fully saturated rings. The Morgan fingerprint density at radius 3 is 2.40 bits per heavy atom. The summed E-state index contributed by atoms with van der Waals surface area (Å²) in [6.45, 7) is 9.92. The number of hydrogen-bond acceptors (Lipinski definition) is 6. The van der Waals surface area contributed by atoms with E-state index in [0.29, 0.717) is 23.4 Å². The van der Waals surface area contributed by atoms with Crippen molar-refractivity contribution in [3.05, 3.63) is 93.8 Å². The van der Waals surface area contributed by atoms with Crippen molar-refractivity contribution in [2.24, 2.45) is 0 Å². The Balaban J connectivity index is 1.29. The normalized spacial score (nSPS) is 12.9. The summed E-state index contributed by atoms with van der Waals surface area (Å²) in [6.07, 6.45) is 2.31. The number of fused-ring (bicyclic) bond motifs is 1. The second-order valence-electron chi connectivity index (χ2n) is 10.9. The van der Waals surface area contributed by atoms with Crippen molar-refractivity contribution in [2.75, 3.05) is 16.4 Å². The van der Waals surface area contributed by atoms with Crippen LogP contribution >= 0.6 is 11.3 Å². The second kappa shape index (κ2) is 12.8. The van der Waals surface area contributed by atoms with Gasteiger partial charge in [-0.25, -0.2) is 9.78 Å². The first-order valence-electron chi connectivity index (χ1n) is 14.5. The second-order valence-corrected chi connectivity index (χ2v) is 11.8. The Bertz CT molecular complexity index is 1540. The summed E-state index contributed by atoms with van der Waals surface area (Å²) in [5.41, 5.74) is 6.26. The van der Waals surface area contributed by atoms with E-state index in [1.165, 1.54) is 40.3 Å². The van der Waals surface area contributed by atoms with Crippen LogP contribution in [0, 0.1) is 0 Å². The summed E-state index contributed by atoms with van der Waals surface area (Å²) >= 11 is 1.48. The van der Waals surface area contributed by atoms with Crippen LogP contribution in [-0.4, -0.2) is 34.6 Å². The largest absolute Gasteiger partial charge is 0.482 e. The summed E-state index contributed by atoms with van der Waals surface area (Å²) in [4.78, 5) is 32.9. The molecule has 0 spiro atoms. The highest BCUT2D eigenvalue weighted by atomic mass is 32.1. The summed E-state index contributed by atoms with van der Waals surface area (Å²) in [7, 11) is 0. The van der Waals surface area contributed by atoms with Gasteiger partial charge in [-0.15, -0.1) is 11.3 Å². The van der Waals surface area contributed by atoms with Crippen molar-refractivity contribution in [3.8, 4) is 17.0 Å². The van der Waals surface area contributed by atoms with E-state index < -0.39 is 5.97 Å². The van der Waals surface area contributed by atoms with Gasteiger partial charge in [-0.1, -0.05) is 50.2 Å². The monoisotopic (exact) mass is 583 g/mol. The number of rotatable bonds is 11. The summed E-state index contributed by atoms with van der Waals surface area (Å²) < 4.78 is 5.51. The van der Waals surface area contributed by atoms with E-state index in [-0.39, 0.29) is 24.6 Å². The van der Waals surface area contributed by atoms with E-state index >= 15 is 0 Å². The van der Waals surface area contributed by atoms with Crippen LogP contribution in [0.2, 0.25) is 0 Å². The summed E-state index contributed by atoms with van der Waals surface area (Å²) in [5, 5.41) is 12.2. The predicted octanol–water partition coefficient (Wildman–Crippen LogP) is 7.75. The lowest BCUT2D eigenvalue weighted by Crippen LogP contribution is -2.38. The van der Waals surface area contributed by atoms with Crippen LogP contribution in [0.25, 0.3) is 11.3 Å². The molecular weight excluding hydrogens is 546 g/mol. The number of thiazole rings is 1. The van der Waals surface area contributed by atoms with Crippen LogP contribution in [0.1, 0.15) is 72.9 Å². The number of carbonyl (C=O) groups is 2. The minimum atomic E-state index is -1.05. The molecule has 0 radical (unpaired) electrons. The maximum absolute atomic E-state index is 12.7. The first-order valence-corrected chi connectivity index (χ1v) is 15.4. The molecule has 0 unspecified atom stereocenters. The van der Waals surface area contributed by atoms with E-state index in [0.717, 1.165) is 35.7 Å². The zero-order valence-electron chi connectivity index (χ0n) is 24.5. The van der Waals surface area contributed by atoms with E-state index in [4.69, 9.17) is 9.72 Å². The van der Waals surface area contributed by atoms with E-state index in [1.807, 2.05) is 5.38 Å². The fourth-order valence-corrected chi connectivity index (χ4v) is 6.20. The fourth-order valence-electron chi connectivity index (χ4n) is 5.41. The van der Waals surface area contributed by atoms with Gasteiger partial charge in [0, 0.05) is 29.2 Å². The molecule has 42 heavy (non-hydrogen) atoms. The van der Waals surface area contributed by atoms with Crippen LogP contribution in [0.4, 0.5) is 11.4 Å². The lowest BCUT2D eigenvalue weighted by atomic mass is 9.94. The number of hydrogen-bond donors (Lipinski definition) is 1. The Morgan fingerprint density at radius 1 is 1.05 bits per heavy atom. The first kappa shape index (κ1) is 29.3. The third-order valence-electron chi connectivity index (χ3n) is 7.90. The van der Waals surface area contributed by atoms with Gasteiger partial charge in [0.25, 0.3) is 5.91 Å². The number of anilines is 2. The topological polar surface area (TPSA) is 83.0 Å². The highest BCUT2D eigenvalue weighted by Crippen LogP contribution is 2.35. The van der Waals surface area contributed by atoms with Crippen LogP contribution in [-0.2, 0) is 17.9 Å². The highest BCUT2D eigenvalue weighted by molar-refractivity contribution is 7.10. The Labute approximate surface area is 251 Å². The quantitative estimate of drug-likeness (QED) is 0.194. The summed E-state index contributed by atoms with van der Waals surface area (Å²) in [5.74, 6) is -0.182. The standard InChI is InChI=1S/C34H37N3O4S/c1-5-24(6-2)25-11-14-28(15-12-25)36(22(3)4)18-23-7-9-26(10-8-23)29-21-42-32(35-29)19-37-30-17-27(34(39)40)13-16-31(30)41-20-33(37)38/h7-17,21-22,24H,5-6,18-20H2,1-4H3,(H,39,40). The molecule has 0 saturated carbocycles. The van der Waals surface area contributed by atoms with Crippen LogP contribution < -0.4 is 14.5 Å². The molecule has 0 bridgehead atoms. The first-order chi connectivity index (χ1) is 20.3. The van der Waals surface area contributed by atoms with Gasteiger partial charge in [0.2, 0.25) is 0 Å². The van der Waals surface area contributed by atoms with Crippen LogP contribution in [0.15, 0.2) is 72.1 Å². The Hall–Kier alpha value is -4.17. The number of nitrogens with zero attached hydrogens (tertiary/aromatic N) is 3. The number of carbonyl (C=O) groups excluding carboxylic acids is 1. The molecule has 1 aliphatic rings. The molecule has 1 aliphatic heterocycles. The molecule has 7 nitrogen and oxygen atoms in total. The SMILES string of the molecule is CCC(CC)c1ccc(N(Cc2ccc(-c3csc(CN4C(=O)COc5ccc(C(=O)O)cc54)n3)cc2)C(C)C)cc1. The summed E-state index contributed by atoms with van der Waals surface area (Å²) in [6, 6.07) is 22.4. The molecule has 1 amide bonds. The molecule has 1 N–H and O–H groups in total. The van der Waals surface area contributed by atoms with Gasteiger partial charge in [-0.05, 0) is 74.1 Å². The molecule has 8 heteroatoms. The average molecular weight is 584 g/mol. The van der Waals surface area contributed by atoms with Crippen molar-refractivity contribution in [1.82, 2.24) is 4.98 Å². The fraction of sp³-hybridized carbons (Fsp3) is 0.324. The van der Waals surface area contributed by atoms with Gasteiger partial charge in [-0.3, -0.25) is 9.69 Å². The number of carboxylic acids is 1. The minimum Gasteiger partial charge on any atom is -0.482 e. The van der Waals surface area contributed by atoms with Gasteiger partial charge in [0.1, 0.15) is 10.8 Å². The molecule has 1 aromatic heterocycles. The molecule has 4 aromatic rings. The number of amides is 1. The smallest absolute Gasteiger partial charge is 0.335 e. The van der Waals surface area contributed by atoms with Crippen molar-refractivity contribution in [3.63, 3.8) is 0 Å². The molecule has 0 atom stereocenters. The van der Waals surface area contributed by atoms with Gasteiger partial charge in [0.05, 0.1) is 23.5 Å². The van der Waals surface area contributed by atoms with Crippen molar-refractivity contribution >= 4 is 34.6 Å². The molecule has 2 heterocycles. The van der Waals surface area contributed by atoms with E-state index in [1.54, 1.807) is 11.0 Å². The van der Waals surface area contributed by atoms with E-state index in [9.17, 15) is 14.7 Å². The maximum atomic E-state index is 12.7. The molecule has 5 rings (SSSR count). The van der Waals surface area contributed by atoms with Crippen molar-refractivity contribution in [2.45, 2.75) is 65.6 Å². The number of benzene rings is 3. The highest BCUT2D eigenvalue weighted by Gasteiger charge is 2.27. The van der Waals surface area contributed by atoms with Crippen LogP contribution in [0.5, 0.6) is 5.75 Å². The van der Waals surface area contributed by atoms with Gasteiger partial charge in [0.15, 0.2) is 6.61 Å². The molecule has 0 aliphatic carbocycles. The maximum Gasteiger partial charge on any atom is 0.335 e. The third-order valence-corrected chi connectivity index (χ3v) is 8.74. The van der Waals surface area contributed by atoms with Crippen molar-refractivity contribution in [1.29, 1.82) is 0 Å². The molecular formula is C34H37N3O4S. The number of carboxylic acid groups (broad SMARTS) is 1. The van der Waals surface area contributed by atoms with Crippen LogP contribution in [0.3, 0.4) is 0 Å². The third kappa shape index (κ3) is 6.34. The molecule has 218 valence electrons. The number of aromatic nitrogens is 1. The van der Waals surface area contributed by atoms with Gasteiger partial charge >= 0.3 is 5.97 Å². The molecule has 3 aromatic carbocycles. The van der Waals surface area contributed by atoms with Gasteiger partial charge in [-0.2, -0.15) is 0 Å². The van der Waals surface area contributed by atoms with Gasteiger partial charge < -0.3 is 14.7 Å². The predicted molar refractivity (Wildman–Crippen MR) is 169 cm³/mol. The lowest BCUT2D eigenvalue weighted by Gasteiger charge is -2.30. The zero-order chi connectivity index (χ0) is 29.8. The number of ether oxygens (including phenoxy) is 1.